The Kier molecular flexibility index (Phi) is 2.14. The van der Waals surface area contributed by atoms with Crippen LogP contribution in [0.25, 0.3) is 11.1 Å². The van der Waals surface area contributed by atoms with Crippen molar-refractivity contribution >= 4 is 5.88 Å². The normalized spacial score (nSPS) is 13.7. The molecule has 0 unspecified atom stereocenters. The molecular formula is C11H9FN2O3. The molecular weight excluding hydrogens is 227 g/mol. The summed E-state index contributed by atoms with van der Waals surface area (Å²) in [5.41, 5.74) is 6.65. The van der Waals surface area contributed by atoms with E-state index in [0.717, 1.165) is 0 Å². The maximum Gasteiger partial charge on any atom is 0.229 e. The van der Waals surface area contributed by atoms with Gasteiger partial charge in [-0.05, 0) is 17.7 Å². The van der Waals surface area contributed by atoms with Crippen LogP contribution in [-0.4, -0.2) is 18.4 Å². The van der Waals surface area contributed by atoms with Crippen LogP contribution in [0.5, 0.6) is 11.5 Å². The topological polar surface area (TPSA) is 70.5 Å². The largest absolute Gasteiger partial charge is 0.486 e. The summed E-state index contributed by atoms with van der Waals surface area (Å²) in [6.45, 7) is 0.744. The van der Waals surface area contributed by atoms with E-state index in [9.17, 15) is 4.39 Å². The molecule has 2 N–H and O–H groups in total. The summed E-state index contributed by atoms with van der Waals surface area (Å²) >= 11 is 0. The Morgan fingerprint density at radius 3 is 2.82 bits per heavy atom. The molecule has 0 atom stereocenters. The van der Waals surface area contributed by atoms with Crippen LogP contribution in [0, 0.1) is 5.82 Å². The Morgan fingerprint density at radius 2 is 2.06 bits per heavy atom. The van der Waals surface area contributed by atoms with Gasteiger partial charge in [-0.3, -0.25) is 0 Å². The molecule has 1 aliphatic rings. The first kappa shape index (κ1) is 9.95. The first-order valence-corrected chi connectivity index (χ1v) is 5.05. The Morgan fingerprint density at radius 1 is 1.24 bits per heavy atom. The molecule has 0 saturated carbocycles. The summed E-state index contributed by atoms with van der Waals surface area (Å²) < 4.78 is 29.0. The van der Waals surface area contributed by atoms with Gasteiger partial charge in [0.2, 0.25) is 5.88 Å². The first-order chi connectivity index (χ1) is 8.25. The van der Waals surface area contributed by atoms with Gasteiger partial charge >= 0.3 is 0 Å². The summed E-state index contributed by atoms with van der Waals surface area (Å²) in [6.07, 6.45) is 1.43. The van der Waals surface area contributed by atoms with Crippen LogP contribution in [0.3, 0.4) is 0 Å². The van der Waals surface area contributed by atoms with E-state index in [0.29, 0.717) is 30.1 Å². The molecule has 6 heteroatoms. The van der Waals surface area contributed by atoms with Gasteiger partial charge in [-0.15, -0.1) is 0 Å². The number of halogens is 1. The van der Waals surface area contributed by atoms with Crippen LogP contribution in [0.1, 0.15) is 0 Å². The van der Waals surface area contributed by atoms with Crippen molar-refractivity contribution in [2.45, 2.75) is 0 Å². The Labute approximate surface area is 95.9 Å². The molecule has 88 valence electrons. The minimum absolute atomic E-state index is 0.134. The number of ether oxygens (including phenoxy) is 2. The van der Waals surface area contributed by atoms with Gasteiger partial charge in [-0.25, -0.2) is 4.39 Å². The van der Waals surface area contributed by atoms with Crippen LogP contribution >= 0.6 is 0 Å². The zero-order valence-corrected chi connectivity index (χ0v) is 8.77. The summed E-state index contributed by atoms with van der Waals surface area (Å²) in [5.74, 6) is 0.153. The lowest BCUT2D eigenvalue weighted by Crippen LogP contribution is -2.16. The number of hydrogen-bond acceptors (Lipinski definition) is 5. The molecule has 5 nitrogen and oxygen atoms in total. The second kappa shape index (κ2) is 3.65. The molecule has 2 heterocycles. The van der Waals surface area contributed by atoms with Crippen LogP contribution in [0.15, 0.2) is 22.9 Å². The molecule has 0 radical (unpaired) electrons. The number of fused-ring (bicyclic) bond motifs is 1. The van der Waals surface area contributed by atoms with Crippen molar-refractivity contribution in [2.75, 3.05) is 18.9 Å². The van der Waals surface area contributed by atoms with E-state index in [1.807, 2.05) is 0 Å². The molecule has 1 aromatic heterocycles. The van der Waals surface area contributed by atoms with Gasteiger partial charge in [0.05, 0.1) is 11.8 Å². The second-order valence-electron chi connectivity index (χ2n) is 3.59. The van der Waals surface area contributed by atoms with Crippen LogP contribution in [0.4, 0.5) is 10.3 Å². The van der Waals surface area contributed by atoms with E-state index in [2.05, 4.69) is 5.16 Å². The Hall–Kier alpha value is -2.24. The maximum absolute atomic E-state index is 13.8. The zero-order valence-electron chi connectivity index (χ0n) is 8.77. The van der Waals surface area contributed by atoms with Crippen molar-refractivity contribution < 1.29 is 18.4 Å². The molecule has 0 fully saturated rings. The van der Waals surface area contributed by atoms with Crippen molar-refractivity contribution in [2.24, 2.45) is 0 Å². The molecule has 0 amide bonds. The smallest absolute Gasteiger partial charge is 0.229 e. The van der Waals surface area contributed by atoms with Gasteiger partial charge in [0.15, 0.2) is 17.3 Å². The lowest BCUT2D eigenvalue weighted by atomic mass is 10.1. The quantitative estimate of drug-likeness (QED) is 0.817. The monoisotopic (exact) mass is 236 g/mol. The molecule has 0 saturated heterocycles. The molecule has 0 bridgehead atoms. The number of nitrogens with zero attached hydrogens (tertiary/aromatic N) is 1. The predicted octanol–water partition coefficient (Wildman–Crippen LogP) is 1.83. The summed E-state index contributed by atoms with van der Waals surface area (Å²) in [4.78, 5) is 0. The highest BCUT2D eigenvalue weighted by atomic mass is 19.1. The van der Waals surface area contributed by atoms with E-state index in [4.69, 9.17) is 19.7 Å². The highest BCUT2D eigenvalue weighted by molar-refractivity contribution is 5.74. The van der Waals surface area contributed by atoms with Crippen LogP contribution < -0.4 is 15.2 Å². The molecule has 3 rings (SSSR count). The van der Waals surface area contributed by atoms with Gasteiger partial charge < -0.3 is 19.7 Å². The number of rotatable bonds is 1. The standard InChI is InChI=1S/C11H9FN2O3/c12-8-3-6(7-5-14-17-11(7)13)4-9-10(8)16-2-1-15-9/h3-5H,1-2,13H2. The third-order valence-electron chi connectivity index (χ3n) is 2.51. The van der Waals surface area contributed by atoms with E-state index in [1.165, 1.54) is 12.3 Å². The van der Waals surface area contributed by atoms with Crippen molar-refractivity contribution in [3.8, 4) is 22.6 Å². The van der Waals surface area contributed by atoms with E-state index < -0.39 is 5.82 Å². The van der Waals surface area contributed by atoms with E-state index in [-0.39, 0.29) is 11.6 Å². The van der Waals surface area contributed by atoms with Gasteiger partial charge in [-0.2, -0.15) is 0 Å². The number of nitrogen functional groups attached to an aromatic ring is 1. The average molecular weight is 236 g/mol. The molecule has 1 aromatic carbocycles. The third kappa shape index (κ3) is 1.57. The fourth-order valence-corrected chi connectivity index (χ4v) is 1.73. The SMILES string of the molecule is Nc1oncc1-c1cc(F)c2c(c1)OCCO2. The number of anilines is 1. The number of aromatic nitrogens is 1. The molecule has 0 aliphatic carbocycles. The van der Waals surface area contributed by atoms with E-state index >= 15 is 0 Å². The Bertz CT molecular complexity index is 568. The first-order valence-electron chi connectivity index (χ1n) is 5.05. The summed E-state index contributed by atoms with van der Waals surface area (Å²) in [6, 6.07) is 2.97. The van der Waals surface area contributed by atoms with Gasteiger partial charge in [0.25, 0.3) is 0 Å². The molecule has 2 aromatic rings. The molecule has 0 spiro atoms. The van der Waals surface area contributed by atoms with Crippen molar-refractivity contribution in [3.05, 3.63) is 24.1 Å². The lowest BCUT2D eigenvalue weighted by molar-refractivity contribution is 0.164. The second-order valence-corrected chi connectivity index (χ2v) is 3.59. The number of benzene rings is 1. The fourth-order valence-electron chi connectivity index (χ4n) is 1.73. The predicted molar refractivity (Wildman–Crippen MR) is 57.3 cm³/mol. The third-order valence-corrected chi connectivity index (χ3v) is 2.51. The molecule has 1 aliphatic heterocycles. The van der Waals surface area contributed by atoms with Crippen LogP contribution in [-0.2, 0) is 0 Å². The van der Waals surface area contributed by atoms with E-state index in [1.54, 1.807) is 6.07 Å². The maximum atomic E-state index is 13.8. The number of nitrogens with two attached hydrogens (primary N) is 1. The molecule has 17 heavy (non-hydrogen) atoms. The van der Waals surface area contributed by atoms with Gasteiger partial charge in [0.1, 0.15) is 13.2 Å². The highest BCUT2D eigenvalue weighted by Crippen LogP contribution is 2.38. The lowest BCUT2D eigenvalue weighted by Gasteiger charge is -2.19. The van der Waals surface area contributed by atoms with Gasteiger partial charge in [-0.1, -0.05) is 5.16 Å². The van der Waals surface area contributed by atoms with Crippen molar-refractivity contribution in [1.29, 1.82) is 0 Å². The highest BCUT2D eigenvalue weighted by Gasteiger charge is 2.19. The number of hydrogen-bond donors (Lipinski definition) is 1. The van der Waals surface area contributed by atoms with Crippen LogP contribution in [0.2, 0.25) is 0 Å². The Balaban J connectivity index is 2.14. The van der Waals surface area contributed by atoms with Crippen molar-refractivity contribution in [3.63, 3.8) is 0 Å². The summed E-state index contributed by atoms with van der Waals surface area (Å²) in [5, 5.41) is 3.55. The summed E-state index contributed by atoms with van der Waals surface area (Å²) in [7, 11) is 0. The minimum Gasteiger partial charge on any atom is -0.486 e. The zero-order chi connectivity index (χ0) is 11.8. The minimum atomic E-state index is -0.488. The van der Waals surface area contributed by atoms with Gasteiger partial charge in [0, 0.05) is 0 Å². The van der Waals surface area contributed by atoms with Crippen molar-refractivity contribution in [1.82, 2.24) is 5.16 Å². The average Bonchev–Trinajstić information content (AvgIpc) is 2.75. The fraction of sp³-hybridized carbons (Fsp3) is 0.182.